The fourth-order valence-corrected chi connectivity index (χ4v) is 1.07. The topological polar surface area (TPSA) is 38.7 Å². The Morgan fingerprint density at radius 3 is 2.50 bits per heavy atom. The molecule has 0 spiro atoms. The minimum Gasteiger partial charge on any atom is -0.319 e. The molecule has 0 N–H and O–H groups in total. The summed E-state index contributed by atoms with van der Waals surface area (Å²) in [5, 5.41) is 3.69. The highest BCUT2D eigenvalue weighted by Crippen LogP contribution is 2.01. The average Bonchev–Trinajstić information content (AvgIpc) is 2.16. The van der Waals surface area contributed by atoms with Crippen molar-refractivity contribution in [1.29, 1.82) is 0 Å². The van der Waals surface area contributed by atoms with Crippen molar-refractivity contribution in [2.24, 2.45) is 5.16 Å². The SMILES string of the molecule is CC(=O)ON=C(C)Cc1ccccc1. The van der Waals surface area contributed by atoms with E-state index in [0.717, 1.165) is 11.3 Å². The number of nitrogens with zero attached hydrogens (tertiary/aromatic N) is 1. The van der Waals surface area contributed by atoms with Gasteiger partial charge in [-0.3, -0.25) is 0 Å². The van der Waals surface area contributed by atoms with Gasteiger partial charge in [-0.05, 0) is 12.5 Å². The van der Waals surface area contributed by atoms with Crippen LogP contribution < -0.4 is 0 Å². The van der Waals surface area contributed by atoms with Gasteiger partial charge in [0.15, 0.2) is 0 Å². The highest BCUT2D eigenvalue weighted by molar-refractivity contribution is 5.84. The molecule has 1 aromatic carbocycles. The van der Waals surface area contributed by atoms with Gasteiger partial charge in [-0.1, -0.05) is 35.5 Å². The molecule has 0 atom stereocenters. The lowest BCUT2D eigenvalue weighted by Gasteiger charge is -1.99. The Hall–Kier alpha value is -1.64. The molecule has 0 unspecified atom stereocenters. The molecule has 0 fully saturated rings. The van der Waals surface area contributed by atoms with E-state index >= 15 is 0 Å². The molecule has 0 bridgehead atoms. The van der Waals surface area contributed by atoms with Crippen molar-refractivity contribution in [3.8, 4) is 0 Å². The molecular formula is C11H13NO2. The third kappa shape index (κ3) is 3.85. The summed E-state index contributed by atoms with van der Waals surface area (Å²) < 4.78 is 0. The fourth-order valence-electron chi connectivity index (χ4n) is 1.07. The monoisotopic (exact) mass is 191 g/mol. The molecule has 0 radical (unpaired) electrons. The lowest BCUT2D eigenvalue weighted by molar-refractivity contribution is -0.140. The van der Waals surface area contributed by atoms with Crippen LogP contribution in [0.1, 0.15) is 19.4 Å². The molecule has 74 valence electrons. The largest absolute Gasteiger partial charge is 0.331 e. The van der Waals surface area contributed by atoms with Crippen molar-refractivity contribution in [3.05, 3.63) is 35.9 Å². The van der Waals surface area contributed by atoms with Crippen molar-refractivity contribution in [1.82, 2.24) is 0 Å². The van der Waals surface area contributed by atoms with E-state index in [1.165, 1.54) is 6.92 Å². The molecule has 0 heterocycles. The third-order valence-electron chi connectivity index (χ3n) is 1.63. The first-order valence-corrected chi connectivity index (χ1v) is 4.43. The van der Waals surface area contributed by atoms with E-state index in [0.29, 0.717) is 6.42 Å². The number of rotatable bonds is 3. The molecule has 0 aliphatic rings. The first-order chi connectivity index (χ1) is 6.68. The summed E-state index contributed by atoms with van der Waals surface area (Å²) in [6.07, 6.45) is 0.702. The Balaban J connectivity index is 2.53. The van der Waals surface area contributed by atoms with Crippen LogP contribution in [0.2, 0.25) is 0 Å². The van der Waals surface area contributed by atoms with Crippen molar-refractivity contribution >= 4 is 11.7 Å². The quantitative estimate of drug-likeness (QED) is 0.417. The molecular weight excluding hydrogens is 178 g/mol. The number of hydrogen-bond acceptors (Lipinski definition) is 3. The lowest BCUT2D eigenvalue weighted by Crippen LogP contribution is -2.01. The van der Waals surface area contributed by atoms with Gasteiger partial charge in [-0.25, -0.2) is 4.79 Å². The molecule has 14 heavy (non-hydrogen) atoms. The molecule has 0 saturated heterocycles. The Morgan fingerprint density at radius 1 is 1.29 bits per heavy atom. The Bertz CT molecular complexity index is 330. The van der Waals surface area contributed by atoms with Crippen molar-refractivity contribution in [3.63, 3.8) is 0 Å². The van der Waals surface area contributed by atoms with Crippen LogP contribution in [-0.4, -0.2) is 11.7 Å². The summed E-state index contributed by atoms with van der Waals surface area (Å²) in [7, 11) is 0. The minimum atomic E-state index is -0.391. The van der Waals surface area contributed by atoms with Crippen molar-refractivity contribution in [2.75, 3.05) is 0 Å². The van der Waals surface area contributed by atoms with Crippen LogP contribution in [0.5, 0.6) is 0 Å². The number of oxime groups is 1. The van der Waals surface area contributed by atoms with Gasteiger partial charge in [0.1, 0.15) is 0 Å². The summed E-state index contributed by atoms with van der Waals surface area (Å²) in [5.41, 5.74) is 1.94. The van der Waals surface area contributed by atoms with Gasteiger partial charge in [0.05, 0.1) is 5.71 Å². The molecule has 0 aliphatic carbocycles. The van der Waals surface area contributed by atoms with E-state index in [9.17, 15) is 4.79 Å². The number of carbonyl (C=O) groups excluding carboxylic acids is 1. The first-order valence-electron chi connectivity index (χ1n) is 4.43. The molecule has 3 nitrogen and oxygen atoms in total. The summed E-state index contributed by atoms with van der Waals surface area (Å²) in [4.78, 5) is 15.0. The van der Waals surface area contributed by atoms with E-state index in [1.54, 1.807) is 0 Å². The Labute approximate surface area is 83.4 Å². The lowest BCUT2D eigenvalue weighted by atomic mass is 10.1. The van der Waals surface area contributed by atoms with Crippen LogP contribution in [0, 0.1) is 0 Å². The van der Waals surface area contributed by atoms with Gasteiger partial charge in [0.25, 0.3) is 0 Å². The van der Waals surface area contributed by atoms with Crippen molar-refractivity contribution < 1.29 is 9.63 Å². The van der Waals surface area contributed by atoms with E-state index in [4.69, 9.17) is 0 Å². The van der Waals surface area contributed by atoms with E-state index < -0.39 is 5.97 Å². The number of hydrogen-bond donors (Lipinski definition) is 0. The number of carbonyl (C=O) groups is 1. The maximum absolute atomic E-state index is 10.5. The van der Waals surface area contributed by atoms with Crippen LogP contribution in [0.25, 0.3) is 0 Å². The standard InChI is InChI=1S/C11H13NO2/c1-9(12-14-10(2)13)8-11-6-4-3-5-7-11/h3-7H,8H2,1-2H3. The maximum atomic E-state index is 10.5. The Kier molecular flexibility index (Phi) is 3.85. The summed E-state index contributed by atoms with van der Waals surface area (Å²) in [5.74, 6) is -0.391. The zero-order chi connectivity index (χ0) is 10.4. The van der Waals surface area contributed by atoms with Crippen LogP contribution in [-0.2, 0) is 16.1 Å². The van der Waals surface area contributed by atoms with Gasteiger partial charge in [-0.15, -0.1) is 0 Å². The van der Waals surface area contributed by atoms with Crippen LogP contribution >= 0.6 is 0 Å². The second-order valence-electron chi connectivity index (χ2n) is 3.07. The smallest absolute Gasteiger partial charge is 0.319 e. The van der Waals surface area contributed by atoms with E-state index in [2.05, 4.69) is 9.99 Å². The predicted octanol–water partition coefficient (Wildman–Crippen LogP) is 2.17. The molecule has 1 rings (SSSR count). The highest BCUT2D eigenvalue weighted by Gasteiger charge is 1.96. The first kappa shape index (κ1) is 10.4. The summed E-state index contributed by atoms with van der Waals surface area (Å²) >= 11 is 0. The fraction of sp³-hybridized carbons (Fsp3) is 0.273. The zero-order valence-corrected chi connectivity index (χ0v) is 8.36. The molecule has 0 saturated carbocycles. The van der Waals surface area contributed by atoms with E-state index in [-0.39, 0.29) is 0 Å². The van der Waals surface area contributed by atoms with Gasteiger partial charge < -0.3 is 4.84 Å². The molecule has 0 amide bonds. The van der Waals surface area contributed by atoms with Crippen LogP contribution in [0.15, 0.2) is 35.5 Å². The zero-order valence-electron chi connectivity index (χ0n) is 8.36. The van der Waals surface area contributed by atoms with Crippen molar-refractivity contribution in [2.45, 2.75) is 20.3 Å². The van der Waals surface area contributed by atoms with Crippen LogP contribution in [0.3, 0.4) is 0 Å². The van der Waals surface area contributed by atoms with Crippen LogP contribution in [0.4, 0.5) is 0 Å². The molecule has 1 aromatic rings. The average molecular weight is 191 g/mol. The number of benzene rings is 1. The predicted molar refractivity (Wildman–Crippen MR) is 55.0 cm³/mol. The minimum absolute atomic E-state index is 0.391. The van der Waals surface area contributed by atoms with Gasteiger partial charge in [-0.2, -0.15) is 0 Å². The normalized spacial score (nSPS) is 11.1. The van der Waals surface area contributed by atoms with Gasteiger partial charge in [0.2, 0.25) is 0 Å². The summed E-state index contributed by atoms with van der Waals surface area (Å²) in [6.45, 7) is 3.16. The maximum Gasteiger partial charge on any atom is 0.331 e. The second kappa shape index (κ2) is 5.17. The third-order valence-corrected chi connectivity index (χ3v) is 1.63. The molecule has 0 aliphatic heterocycles. The second-order valence-corrected chi connectivity index (χ2v) is 3.07. The Morgan fingerprint density at radius 2 is 1.93 bits per heavy atom. The highest BCUT2D eigenvalue weighted by atomic mass is 16.7. The van der Waals surface area contributed by atoms with E-state index in [1.807, 2.05) is 37.3 Å². The van der Waals surface area contributed by atoms with Gasteiger partial charge >= 0.3 is 5.97 Å². The van der Waals surface area contributed by atoms with Gasteiger partial charge in [0, 0.05) is 13.3 Å². The summed E-state index contributed by atoms with van der Waals surface area (Å²) in [6, 6.07) is 9.91. The molecule has 3 heteroatoms. The molecule has 0 aromatic heterocycles.